The third-order valence-electron chi connectivity index (χ3n) is 2.99. The molecule has 5 nitrogen and oxygen atoms in total. The van der Waals surface area contributed by atoms with Gasteiger partial charge in [0.1, 0.15) is 6.29 Å². The maximum absolute atomic E-state index is 10.9. The largest absolute Gasteiger partial charge is 0.338 e. The number of hydrogen-bond donors (Lipinski definition) is 0. The second kappa shape index (κ2) is 5.21. The van der Waals surface area contributed by atoms with Crippen molar-refractivity contribution in [3.8, 4) is 0 Å². The topological polar surface area (TPSA) is 59.2 Å². The summed E-state index contributed by atoms with van der Waals surface area (Å²) in [6.45, 7) is 3.52. The van der Waals surface area contributed by atoms with Gasteiger partial charge in [-0.3, -0.25) is 4.90 Å². The molecule has 0 radical (unpaired) electrons. The van der Waals surface area contributed by atoms with Crippen LogP contribution in [0.15, 0.2) is 4.52 Å². The Kier molecular flexibility index (Phi) is 3.66. The van der Waals surface area contributed by atoms with Crippen LogP contribution in [0.3, 0.4) is 0 Å². The van der Waals surface area contributed by atoms with Gasteiger partial charge in [0.2, 0.25) is 5.89 Å². The minimum atomic E-state index is 0.0192. The summed E-state index contributed by atoms with van der Waals surface area (Å²) in [5.41, 5.74) is 0. The molecule has 1 aromatic rings. The molecule has 0 bridgehead atoms. The molecule has 1 aliphatic rings. The summed E-state index contributed by atoms with van der Waals surface area (Å²) in [4.78, 5) is 17.3. The lowest BCUT2D eigenvalue weighted by molar-refractivity contribution is -0.113. The van der Waals surface area contributed by atoms with Crippen LogP contribution in [0, 0.1) is 0 Å². The number of nitrogens with zero attached hydrogens (tertiary/aromatic N) is 3. The molecule has 1 unspecified atom stereocenters. The molecule has 1 aromatic heterocycles. The maximum atomic E-state index is 10.9. The van der Waals surface area contributed by atoms with Crippen molar-refractivity contribution in [3.63, 3.8) is 0 Å². The Morgan fingerprint density at radius 1 is 1.56 bits per heavy atom. The van der Waals surface area contributed by atoms with E-state index in [0.717, 1.165) is 44.3 Å². The lowest BCUT2D eigenvalue weighted by atomic mass is 10.0. The van der Waals surface area contributed by atoms with E-state index in [1.807, 2.05) is 6.92 Å². The van der Waals surface area contributed by atoms with Gasteiger partial charge in [-0.05, 0) is 19.4 Å². The number of carbonyl (C=O) groups is 1. The van der Waals surface area contributed by atoms with Gasteiger partial charge in [-0.15, -0.1) is 0 Å². The zero-order valence-electron chi connectivity index (χ0n) is 9.56. The van der Waals surface area contributed by atoms with E-state index < -0.39 is 0 Å². The SMILES string of the molecule is CCc1noc(CN2CCCCC2C=O)n1. The molecule has 2 heterocycles. The van der Waals surface area contributed by atoms with Crippen molar-refractivity contribution in [1.29, 1.82) is 0 Å². The van der Waals surface area contributed by atoms with Crippen LogP contribution in [0.2, 0.25) is 0 Å². The predicted octanol–water partition coefficient (Wildman–Crippen LogP) is 1.19. The minimum absolute atomic E-state index is 0.0192. The van der Waals surface area contributed by atoms with Crippen LogP contribution < -0.4 is 0 Å². The third-order valence-corrected chi connectivity index (χ3v) is 2.99. The average Bonchev–Trinajstić information content (AvgIpc) is 2.77. The van der Waals surface area contributed by atoms with E-state index in [1.54, 1.807) is 0 Å². The lowest BCUT2D eigenvalue weighted by Gasteiger charge is -2.30. The molecule has 1 fully saturated rings. The van der Waals surface area contributed by atoms with Crippen molar-refractivity contribution >= 4 is 6.29 Å². The van der Waals surface area contributed by atoms with Crippen molar-refractivity contribution < 1.29 is 9.32 Å². The number of aryl methyl sites for hydroxylation is 1. The Hall–Kier alpha value is -1.23. The van der Waals surface area contributed by atoms with E-state index in [2.05, 4.69) is 15.0 Å². The van der Waals surface area contributed by atoms with E-state index in [1.165, 1.54) is 0 Å². The normalized spacial score (nSPS) is 22.2. The maximum Gasteiger partial charge on any atom is 0.240 e. The first kappa shape index (κ1) is 11.3. The number of likely N-dealkylation sites (tertiary alicyclic amines) is 1. The Bertz CT molecular complexity index is 351. The van der Waals surface area contributed by atoms with Crippen molar-refractivity contribution in [1.82, 2.24) is 15.0 Å². The first-order chi connectivity index (χ1) is 7.83. The van der Waals surface area contributed by atoms with Gasteiger partial charge in [-0.1, -0.05) is 18.5 Å². The zero-order chi connectivity index (χ0) is 11.4. The van der Waals surface area contributed by atoms with Crippen LogP contribution in [0.4, 0.5) is 0 Å². The van der Waals surface area contributed by atoms with Gasteiger partial charge in [0.15, 0.2) is 5.82 Å². The Balaban J connectivity index is 1.99. The van der Waals surface area contributed by atoms with Crippen LogP contribution in [-0.4, -0.2) is 33.9 Å². The number of aromatic nitrogens is 2. The summed E-state index contributed by atoms with van der Waals surface area (Å²) >= 11 is 0. The fourth-order valence-corrected chi connectivity index (χ4v) is 2.04. The number of rotatable bonds is 4. The van der Waals surface area contributed by atoms with Crippen LogP contribution in [0.25, 0.3) is 0 Å². The molecule has 0 aromatic carbocycles. The predicted molar refractivity (Wildman–Crippen MR) is 57.8 cm³/mol. The molecule has 1 saturated heterocycles. The molecule has 0 spiro atoms. The molecule has 1 atom stereocenters. The second-order valence-corrected chi connectivity index (χ2v) is 4.13. The van der Waals surface area contributed by atoms with E-state index in [9.17, 15) is 4.79 Å². The highest BCUT2D eigenvalue weighted by Crippen LogP contribution is 2.17. The first-order valence-electron chi connectivity index (χ1n) is 5.84. The fraction of sp³-hybridized carbons (Fsp3) is 0.727. The smallest absolute Gasteiger partial charge is 0.240 e. The highest BCUT2D eigenvalue weighted by atomic mass is 16.5. The molecule has 88 valence electrons. The molecule has 0 N–H and O–H groups in total. The van der Waals surface area contributed by atoms with Gasteiger partial charge in [0, 0.05) is 6.42 Å². The number of piperidine rings is 1. The van der Waals surface area contributed by atoms with E-state index in [0.29, 0.717) is 12.4 Å². The number of carbonyl (C=O) groups excluding carboxylic acids is 1. The summed E-state index contributed by atoms with van der Waals surface area (Å²) in [7, 11) is 0. The van der Waals surface area contributed by atoms with Crippen LogP contribution >= 0.6 is 0 Å². The van der Waals surface area contributed by atoms with Crippen molar-refractivity contribution in [2.24, 2.45) is 0 Å². The van der Waals surface area contributed by atoms with Gasteiger partial charge in [0.05, 0.1) is 12.6 Å². The summed E-state index contributed by atoms with van der Waals surface area (Å²) in [6.07, 6.45) is 5.01. The van der Waals surface area contributed by atoms with E-state index >= 15 is 0 Å². The second-order valence-electron chi connectivity index (χ2n) is 4.13. The minimum Gasteiger partial charge on any atom is -0.338 e. The first-order valence-corrected chi connectivity index (χ1v) is 5.84. The van der Waals surface area contributed by atoms with Crippen LogP contribution in [-0.2, 0) is 17.8 Å². The monoisotopic (exact) mass is 223 g/mol. The fourth-order valence-electron chi connectivity index (χ4n) is 2.04. The number of aldehydes is 1. The van der Waals surface area contributed by atoms with Gasteiger partial charge in [-0.2, -0.15) is 4.98 Å². The molecular weight excluding hydrogens is 206 g/mol. The number of hydrogen-bond acceptors (Lipinski definition) is 5. The van der Waals surface area contributed by atoms with Gasteiger partial charge in [-0.25, -0.2) is 0 Å². The van der Waals surface area contributed by atoms with Crippen LogP contribution in [0.5, 0.6) is 0 Å². The molecule has 5 heteroatoms. The summed E-state index contributed by atoms with van der Waals surface area (Å²) < 4.78 is 5.13. The van der Waals surface area contributed by atoms with Crippen LogP contribution in [0.1, 0.15) is 37.9 Å². The Labute approximate surface area is 94.8 Å². The van der Waals surface area contributed by atoms with Gasteiger partial charge in [0.25, 0.3) is 0 Å². The molecule has 0 saturated carbocycles. The van der Waals surface area contributed by atoms with Crippen molar-refractivity contribution in [2.75, 3.05) is 6.54 Å². The molecular formula is C11H17N3O2. The van der Waals surface area contributed by atoms with Crippen molar-refractivity contribution in [3.05, 3.63) is 11.7 Å². The quantitative estimate of drug-likeness (QED) is 0.717. The Morgan fingerprint density at radius 3 is 3.12 bits per heavy atom. The van der Waals surface area contributed by atoms with Crippen molar-refractivity contribution in [2.45, 2.75) is 45.2 Å². The summed E-state index contributed by atoms with van der Waals surface area (Å²) in [5.74, 6) is 1.35. The van der Waals surface area contributed by atoms with Gasteiger partial charge < -0.3 is 9.32 Å². The highest BCUT2D eigenvalue weighted by Gasteiger charge is 2.23. The summed E-state index contributed by atoms with van der Waals surface area (Å²) in [5, 5.41) is 3.85. The molecule has 2 rings (SSSR count). The molecule has 16 heavy (non-hydrogen) atoms. The average molecular weight is 223 g/mol. The molecule has 0 aliphatic carbocycles. The zero-order valence-corrected chi connectivity index (χ0v) is 9.56. The van der Waals surface area contributed by atoms with E-state index in [4.69, 9.17) is 4.52 Å². The third kappa shape index (κ3) is 2.47. The highest BCUT2D eigenvalue weighted by molar-refractivity contribution is 5.57. The van der Waals surface area contributed by atoms with Gasteiger partial charge >= 0.3 is 0 Å². The van der Waals surface area contributed by atoms with E-state index in [-0.39, 0.29) is 6.04 Å². The molecule has 1 aliphatic heterocycles. The molecule has 0 amide bonds. The summed E-state index contributed by atoms with van der Waals surface area (Å²) in [6, 6.07) is 0.0192. The lowest BCUT2D eigenvalue weighted by Crippen LogP contribution is -2.39. The Morgan fingerprint density at radius 2 is 2.44 bits per heavy atom. The standard InChI is InChI=1S/C11H17N3O2/c1-2-10-12-11(16-13-10)7-14-6-4-3-5-9(14)8-15/h8-9H,2-7H2,1H3.